The van der Waals surface area contributed by atoms with Gasteiger partial charge < -0.3 is 10.1 Å². The Balaban J connectivity index is 2.33. The van der Waals surface area contributed by atoms with E-state index >= 15 is 0 Å². The molecule has 0 radical (unpaired) electrons. The van der Waals surface area contributed by atoms with Crippen LogP contribution in [0.1, 0.15) is 4.88 Å². The predicted octanol–water partition coefficient (Wildman–Crippen LogP) is -0.302. The van der Waals surface area contributed by atoms with Gasteiger partial charge in [-0.1, -0.05) is 0 Å². The molecule has 1 aromatic rings. The second-order valence-electron chi connectivity index (χ2n) is 2.70. The van der Waals surface area contributed by atoms with Crippen LogP contribution in [0.4, 0.5) is 0 Å². The number of aromatic nitrogens is 1. The topological polar surface area (TPSA) is 84.6 Å². The maximum absolute atomic E-state index is 5.30. The van der Waals surface area contributed by atoms with E-state index in [1.807, 2.05) is 0 Å². The molecule has 0 spiro atoms. The smallest absolute Gasteiger partial charge is 0.206 e. The summed E-state index contributed by atoms with van der Waals surface area (Å²) in [4.78, 5) is 9.29. The van der Waals surface area contributed by atoms with Gasteiger partial charge in [0.2, 0.25) is 5.96 Å². The van der Waals surface area contributed by atoms with Gasteiger partial charge in [-0.15, -0.1) is 11.3 Å². The van der Waals surface area contributed by atoms with Gasteiger partial charge in [0.1, 0.15) is 0 Å². The molecule has 0 fully saturated rings. The number of rotatable bonds is 5. The number of nitrogens with two attached hydrogens (primary N) is 1. The number of aliphatic imine (C=N–C) groups is 1. The third-order valence-corrected chi connectivity index (χ3v) is 2.38. The molecule has 1 heterocycles. The average molecular weight is 229 g/mol. The molecule has 0 aliphatic heterocycles. The number of thiazole rings is 1. The van der Waals surface area contributed by atoms with Crippen LogP contribution >= 0.6 is 11.3 Å². The molecule has 0 amide bonds. The zero-order valence-corrected chi connectivity index (χ0v) is 9.38. The van der Waals surface area contributed by atoms with Gasteiger partial charge in [-0.3, -0.25) is 10.4 Å². The predicted molar refractivity (Wildman–Crippen MR) is 60.5 cm³/mol. The maximum atomic E-state index is 5.30. The number of nitrogens with one attached hydrogen (secondary N) is 2. The van der Waals surface area contributed by atoms with Crippen LogP contribution in [0.15, 0.2) is 16.7 Å². The minimum Gasteiger partial charge on any atom is -0.383 e. The van der Waals surface area contributed by atoms with Crippen molar-refractivity contribution in [2.24, 2.45) is 10.8 Å². The van der Waals surface area contributed by atoms with Gasteiger partial charge in [0.05, 0.1) is 18.7 Å². The molecule has 1 aromatic heterocycles. The van der Waals surface area contributed by atoms with E-state index in [0.29, 0.717) is 25.7 Å². The number of nitrogens with zero attached hydrogens (tertiary/aromatic N) is 2. The van der Waals surface area contributed by atoms with Gasteiger partial charge in [-0.2, -0.15) is 0 Å². The lowest BCUT2D eigenvalue weighted by molar-refractivity contribution is 0.203. The molecule has 4 N–H and O–H groups in total. The normalized spacial score (nSPS) is 11.5. The molecular formula is C8H15N5OS. The van der Waals surface area contributed by atoms with Crippen LogP contribution in [0.3, 0.4) is 0 Å². The second-order valence-corrected chi connectivity index (χ2v) is 3.67. The molecule has 0 saturated carbocycles. The molecule has 15 heavy (non-hydrogen) atoms. The highest BCUT2D eigenvalue weighted by Gasteiger charge is 1.96. The van der Waals surface area contributed by atoms with Crippen molar-refractivity contribution in [2.45, 2.75) is 6.54 Å². The van der Waals surface area contributed by atoms with Crippen LogP contribution in [-0.4, -0.2) is 31.2 Å². The molecule has 0 bridgehead atoms. The van der Waals surface area contributed by atoms with Crippen LogP contribution in [-0.2, 0) is 11.3 Å². The zero-order chi connectivity index (χ0) is 10.9. The van der Waals surface area contributed by atoms with E-state index in [1.54, 1.807) is 30.2 Å². The second kappa shape index (κ2) is 7.16. The van der Waals surface area contributed by atoms with Crippen LogP contribution in [0.5, 0.6) is 0 Å². The Kier molecular flexibility index (Phi) is 5.67. The molecule has 6 nitrogen and oxygen atoms in total. The van der Waals surface area contributed by atoms with Crippen LogP contribution in [0.25, 0.3) is 0 Å². The summed E-state index contributed by atoms with van der Waals surface area (Å²) in [6.07, 6.45) is 1.79. The SMILES string of the molecule is COCCNC(=NCc1cncs1)NN. The summed E-state index contributed by atoms with van der Waals surface area (Å²) in [5.41, 5.74) is 4.27. The van der Waals surface area contributed by atoms with Crippen molar-refractivity contribution in [3.05, 3.63) is 16.6 Å². The first-order valence-corrected chi connectivity index (χ1v) is 5.36. The summed E-state index contributed by atoms with van der Waals surface area (Å²) < 4.78 is 4.89. The molecule has 0 aliphatic rings. The van der Waals surface area contributed by atoms with E-state index < -0.39 is 0 Å². The Bertz CT molecular complexity index is 287. The van der Waals surface area contributed by atoms with Crippen molar-refractivity contribution >= 4 is 17.3 Å². The fourth-order valence-electron chi connectivity index (χ4n) is 0.901. The Hall–Kier alpha value is -1.18. The van der Waals surface area contributed by atoms with Gasteiger partial charge >= 0.3 is 0 Å². The van der Waals surface area contributed by atoms with Crippen molar-refractivity contribution < 1.29 is 4.74 Å². The number of ether oxygens (including phenoxy) is 1. The van der Waals surface area contributed by atoms with Gasteiger partial charge in [-0.05, 0) is 0 Å². The van der Waals surface area contributed by atoms with E-state index in [-0.39, 0.29) is 0 Å². The van der Waals surface area contributed by atoms with Crippen molar-refractivity contribution in [1.82, 2.24) is 15.7 Å². The van der Waals surface area contributed by atoms with Crippen molar-refractivity contribution in [3.63, 3.8) is 0 Å². The molecule has 7 heteroatoms. The quantitative estimate of drug-likeness (QED) is 0.212. The largest absolute Gasteiger partial charge is 0.383 e. The highest BCUT2D eigenvalue weighted by atomic mass is 32.1. The minimum absolute atomic E-state index is 0.556. The Labute approximate surface area is 92.5 Å². The first-order chi connectivity index (χ1) is 7.36. The zero-order valence-electron chi connectivity index (χ0n) is 8.56. The number of hydrogen-bond acceptors (Lipinski definition) is 5. The summed E-state index contributed by atoms with van der Waals surface area (Å²) in [6, 6.07) is 0. The molecule has 0 aromatic carbocycles. The van der Waals surface area contributed by atoms with E-state index in [1.165, 1.54) is 0 Å². The van der Waals surface area contributed by atoms with Crippen molar-refractivity contribution in [3.8, 4) is 0 Å². The lowest BCUT2D eigenvalue weighted by atomic mass is 10.5. The van der Waals surface area contributed by atoms with Crippen LogP contribution < -0.4 is 16.6 Å². The van der Waals surface area contributed by atoms with Gasteiger partial charge in [-0.25, -0.2) is 10.8 Å². The molecule has 0 aliphatic carbocycles. The Morgan fingerprint density at radius 1 is 1.73 bits per heavy atom. The van der Waals surface area contributed by atoms with Gasteiger partial charge in [0.15, 0.2) is 0 Å². The number of hydrazine groups is 1. The van der Waals surface area contributed by atoms with E-state index in [4.69, 9.17) is 10.6 Å². The minimum atomic E-state index is 0.556. The lowest BCUT2D eigenvalue weighted by Crippen LogP contribution is -2.42. The lowest BCUT2D eigenvalue weighted by Gasteiger charge is -2.07. The third kappa shape index (κ3) is 4.73. The molecule has 1 rings (SSSR count). The fourth-order valence-corrected chi connectivity index (χ4v) is 1.42. The summed E-state index contributed by atoms with van der Waals surface area (Å²) in [6.45, 7) is 1.85. The molecule has 84 valence electrons. The Morgan fingerprint density at radius 2 is 2.60 bits per heavy atom. The summed E-state index contributed by atoms with van der Waals surface area (Å²) in [7, 11) is 1.64. The number of guanidine groups is 1. The van der Waals surface area contributed by atoms with Crippen molar-refractivity contribution in [1.29, 1.82) is 0 Å². The van der Waals surface area contributed by atoms with Crippen LogP contribution in [0, 0.1) is 0 Å². The molecular weight excluding hydrogens is 214 g/mol. The summed E-state index contributed by atoms with van der Waals surface area (Å²) in [5, 5.41) is 3.01. The monoisotopic (exact) mass is 229 g/mol. The summed E-state index contributed by atoms with van der Waals surface area (Å²) >= 11 is 1.56. The highest BCUT2D eigenvalue weighted by molar-refractivity contribution is 7.09. The Morgan fingerprint density at radius 3 is 3.20 bits per heavy atom. The third-order valence-electron chi connectivity index (χ3n) is 1.61. The van der Waals surface area contributed by atoms with Gasteiger partial charge in [0.25, 0.3) is 0 Å². The number of hydrogen-bond donors (Lipinski definition) is 3. The van der Waals surface area contributed by atoms with Gasteiger partial charge in [0, 0.05) is 24.7 Å². The first-order valence-electron chi connectivity index (χ1n) is 4.48. The van der Waals surface area contributed by atoms with E-state index in [9.17, 15) is 0 Å². The van der Waals surface area contributed by atoms with Crippen LogP contribution in [0.2, 0.25) is 0 Å². The molecule has 0 unspecified atom stereocenters. The molecule has 0 saturated heterocycles. The first kappa shape index (κ1) is 11.9. The summed E-state index contributed by atoms with van der Waals surface area (Å²) in [5.74, 6) is 5.85. The molecule has 0 atom stereocenters. The standard InChI is InChI=1S/C8H15N5OS/c1-14-3-2-11-8(13-9)12-5-7-4-10-6-15-7/h4,6H,2-3,5,9H2,1H3,(H2,11,12,13). The van der Waals surface area contributed by atoms with E-state index in [2.05, 4.69) is 20.7 Å². The fraction of sp³-hybridized carbons (Fsp3) is 0.500. The average Bonchev–Trinajstić information content (AvgIpc) is 2.76. The van der Waals surface area contributed by atoms with Crippen molar-refractivity contribution in [2.75, 3.05) is 20.3 Å². The highest BCUT2D eigenvalue weighted by Crippen LogP contribution is 2.05. The maximum Gasteiger partial charge on any atom is 0.206 e. The number of methoxy groups -OCH3 is 1. The van der Waals surface area contributed by atoms with E-state index in [0.717, 1.165) is 4.88 Å².